The Hall–Kier alpha value is -0.840. The highest BCUT2D eigenvalue weighted by molar-refractivity contribution is 5.85. The Morgan fingerprint density at radius 2 is 2.22 bits per heavy atom. The quantitative estimate of drug-likeness (QED) is 0.916. The topological polar surface area (TPSA) is 59.2 Å². The van der Waals surface area contributed by atoms with Crippen LogP contribution in [-0.2, 0) is 11.2 Å². The van der Waals surface area contributed by atoms with Gasteiger partial charge in [0, 0.05) is 37.4 Å². The van der Waals surface area contributed by atoms with Crippen LogP contribution in [0.4, 0.5) is 0 Å². The molecular formula is C12H19Cl2N3O. The van der Waals surface area contributed by atoms with Crippen molar-refractivity contribution in [3.8, 4) is 0 Å². The maximum absolute atomic E-state index is 11.8. The predicted octanol–water partition coefficient (Wildman–Crippen LogP) is 1.42. The highest BCUT2D eigenvalue weighted by Gasteiger charge is 2.22. The van der Waals surface area contributed by atoms with Gasteiger partial charge in [0.15, 0.2) is 0 Å². The van der Waals surface area contributed by atoms with Gasteiger partial charge in [-0.2, -0.15) is 0 Å². The van der Waals surface area contributed by atoms with E-state index in [4.69, 9.17) is 5.73 Å². The number of rotatable bonds is 3. The number of amides is 1. The minimum Gasteiger partial charge on any atom is -0.341 e. The molecule has 0 saturated carbocycles. The average Bonchev–Trinajstić information content (AvgIpc) is 2.74. The van der Waals surface area contributed by atoms with Gasteiger partial charge in [-0.25, -0.2) is 0 Å². The van der Waals surface area contributed by atoms with Gasteiger partial charge in [-0.15, -0.1) is 24.8 Å². The maximum atomic E-state index is 11.8. The number of nitrogens with zero attached hydrogens (tertiary/aromatic N) is 2. The molecule has 1 atom stereocenters. The van der Waals surface area contributed by atoms with Crippen LogP contribution in [0.5, 0.6) is 0 Å². The van der Waals surface area contributed by atoms with Crippen molar-refractivity contribution in [1.29, 1.82) is 0 Å². The fraction of sp³-hybridized carbons (Fsp3) is 0.500. The molecule has 18 heavy (non-hydrogen) atoms. The number of carbonyl (C=O) groups is 1. The first kappa shape index (κ1) is 17.2. The SMILES string of the molecule is Cl.Cl.N[C@@H]1CCN(C(=O)CCc2ccccn2)C1. The standard InChI is InChI=1S/C12H17N3O.2ClH/c13-10-6-8-15(9-10)12(16)5-4-11-3-1-2-7-14-11;;/h1-3,7,10H,4-6,8-9,13H2;2*1H/t10-;;/m1../s1. The van der Waals surface area contributed by atoms with E-state index in [0.717, 1.165) is 18.7 Å². The van der Waals surface area contributed by atoms with Crippen LogP contribution < -0.4 is 5.73 Å². The van der Waals surface area contributed by atoms with Crippen molar-refractivity contribution in [3.63, 3.8) is 0 Å². The summed E-state index contributed by atoms with van der Waals surface area (Å²) in [4.78, 5) is 17.9. The molecule has 0 unspecified atom stereocenters. The summed E-state index contributed by atoms with van der Waals surface area (Å²) in [6.45, 7) is 1.52. The summed E-state index contributed by atoms with van der Waals surface area (Å²) in [6, 6.07) is 5.94. The van der Waals surface area contributed by atoms with Gasteiger partial charge in [-0.3, -0.25) is 9.78 Å². The van der Waals surface area contributed by atoms with Crippen LogP contribution in [-0.4, -0.2) is 34.9 Å². The van der Waals surface area contributed by atoms with E-state index in [1.165, 1.54) is 0 Å². The lowest BCUT2D eigenvalue weighted by atomic mass is 10.2. The lowest BCUT2D eigenvalue weighted by Gasteiger charge is -2.15. The maximum Gasteiger partial charge on any atom is 0.223 e. The third-order valence-corrected chi connectivity index (χ3v) is 2.90. The van der Waals surface area contributed by atoms with E-state index < -0.39 is 0 Å². The summed E-state index contributed by atoms with van der Waals surface area (Å²) in [5.74, 6) is 0.193. The van der Waals surface area contributed by atoms with E-state index in [9.17, 15) is 4.79 Å². The van der Waals surface area contributed by atoms with Crippen molar-refractivity contribution in [2.45, 2.75) is 25.3 Å². The van der Waals surface area contributed by atoms with E-state index >= 15 is 0 Å². The molecule has 0 aliphatic carbocycles. The van der Waals surface area contributed by atoms with Gasteiger partial charge < -0.3 is 10.6 Å². The first-order valence-electron chi connectivity index (χ1n) is 5.69. The number of carbonyl (C=O) groups excluding carboxylic acids is 1. The molecule has 2 heterocycles. The van der Waals surface area contributed by atoms with Crippen LogP contribution in [0.2, 0.25) is 0 Å². The predicted molar refractivity (Wildman–Crippen MR) is 76.2 cm³/mol. The lowest BCUT2D eigenvalue weighted by Crippen LogP contribution is -2.32. The normalized spacial score (nSPS) is 17.8. The Morgan fingerprint density at radius 3 is 2.78 bits per heavy atom. The zero-order valence-electron chi connectivity index (χ0n) is 10.1. The van der Waals surface area contributed by atoms with Crippen molar-refractivity contribution in [2.24, 2.45) is 5.73 Å². The zero-order chi connectivity index (χ0) is 11.4. The van der Waals surface area contributed by atoms with Crippen LogP contribution in [0, 0.1) is 0 Å². The minimum absolute atomic E-state index is 0. The Labute approximate surface area is 120 Å². The third kappa shape index (κ3) is 4.80. The number of nitrogens with two attached hydrogens (primary N) is 1. The highest BCUT2D eigenvalue weighted by atomic mass is 35.5. The molecule has 0 spiro atoms. The molecular weight excluding hydrogens is 273 g/mol. The zero-order valence-corrected chi connectivity index (χ0v) is 11.8. The number of aryl methyl sites for hydroxylation is 1. The van der Waals surface area contributed by atoms with E-state index in [1.54, 1.807) is 6.20 Å². The molecule has 1 aliphatic rings. The number of aromatic nitrogens is 1. The number of halogens is 2. The van der Waals surface area contributed by atoms with E-state index in [-0.39, 0.29) is 36.8 Å². The first-order valence-corrected chi connectivity index (χ1v) is 5.69. The number of likely N-dealkylation sites (tertiary alicyclic amines) is 1. The summed E-state index contributed by atoms with van der Waals surface area (Å²) in [5, 5.41) is 0. The minimum atomic E-state index is 0. The molecule has 1 fully saturated rings. The highest BCUT2D eigenvalue weighted by Crippen LogP contribution is 2.09. The van der Waals surface area contributed by atoms with E-state index in [0.29, 0.717) is 19.4 Å². The Bertz CT molecular complexity index is 362. The summed E-state index contributed by atoms with van der Waals surface area (Å²) in [6.07, 6.45) is 3.93. The molecule has 2 rings (SSSR count). The van der Waals surface area contributed by atoms with Gasteiger partial charge in [-0.05, 0) is 25.0 Å². The van der Waals surface area contributed by atoms with Crippen LogP contribution >= 0.6 is 24.8 Å². The molecule has 1 aromatic rings. The molecule has 1 saturated heterocycles. The van der Waals surface area contributed by atoms with Crippen LogP contribution in [0.15, 0.2) is 24.4 Å². The van der Waals surface area contributed by atoms with Crippen LogP contribution in [0.1, 0.15) is 18.5 Å². The summed E-state index contributed by atoms with van der Waals surface area (Å²) in [5.41, 5.74) is 6.74. The van der Waals surface area contributed by atoms with E-state index in [2.05, 4.69) is 4.98 Å². The monoisotopic (exact) mass is 291 g/mol. The Kier molecular flexibility index (Phi) is 7.91. The fourth-order valence-corrected chi connectivity index (χ4v) is 1.95. The van der Waals surface area contributed by atoms with Crippen LogP contribution in [0.3, 0.4) is 0 Å². The fourth-order valence-electron chi connectivity index (χ4n) is 1.95. The van der Waals surface area contributed by atoms with Crippen molar-refractivity contribution in [2.75, 3.05) is 13.1 Å². The van der Waals surface area contributed by atoms with Crippen LogP contribution in [0.25, 0.3) is 0 Å². The summed E-state index contributed by atoms with van der Waals surface area (Å²) in [7, 11) is 0. The van der Waals surface area contributed by atoms with Crippen molar-refractivity contribution in [3.05, 3.63) is 30.1 Å². The summed E-state index contributed by atoms with van der Waals surface area (Å²) < 4.78 is 0. The molecule has 102 valence electrons. The van der Waals surface area contributed by atoms with Gasteiger partial charge in [0.25, 0.3) is 0 Å². The largest absolute Gasteiger partial charge is 0.341 e. The van der Waals surface area contributed by atoms with Crippen molar-refractivity contribution < 1.29 is 4.79 Å². The van der Waals surface area contributed by atoms with Crippen molar-refractivity contribution >= 4 is 30.7 Å². The van der Waals surface area contributed by atoms with Gasteiger partial charge in [0.2, 0.25) is 5.91 Å². The number of pyridine rings is 1. The van der Waals surface area contributed by atoms with Gasteiger partial charge >= 0.3 is 0 Å². The van der Waals surface area contributed by atoms with Gasteiger partial charge in [0.1, 0.15) is 0 Å². The van der Waals surface area contributed by atoms with E-state index in [1.807, 2.05) is 23.1 Å². The molecule has 0 radical (unpaired) electrons. The second-order valence-electron chi connectivity index (χ2n) is 4.21. The first-order chi connectivity index (χ1) is 7.75. The average molecular weight is 292 g/mol. The second kappa shape index (κ2) is 8.29. The molecule has 1 aromatic heterocycles. The Balaban J connectivity index is 0.00000144. The number of hydrogen-bond acceptors (Lipinski definition) is 3. The molecule has 1 amide bonds. The molecule has 1 aliphatic heterocycles. The molecule has 0 aromatic carbocycles. The smallest absolute Gasteiger partial charge is 0.223 e. The third-order valence-electron chi connectivity index (χ3n) is 2.90. The molecule has 2 N–H and O–H groups in total. The second-order valence-corrected chi connectivity index (χ2v) is 4.21. The van der Waals surface area contributed by atoms with Gasteiger partial charge in [-0.1, -0.05) is 6.07 Å². The van der Waals surface area contributed by atoms with Crippen molar-refractivity contribution in [1.82, 2.24) is 9.88 Å². The Morgan fingerprint density at radius 1 is 1.44 bits per heavy atom. The molecule has 6 heteroatoms. The number of hydrogen-bond donors (Lipinski definition) is 1. The summed E-state index contributed by atoms with van der Waals surface area (Å²) >= 11 is 0. The molecule has 0 bridgehead atoms. The lowest BCUT2D eigenvalue weighted by molar-refractivity contribution is -0.130. The molecule has 4 nitrogen and oxygen atoms in total. The van der Waals surface area contributed by atoms with Gasteiger partial charge in [0.05, 0.1) is 0 Å².